The van der Waals surface area contributed by atoms with Gasteiger partial charge in [0.25, 0.3) is 5.91 Å². The maximum Gasteiger partial charge on any atom is 0.274 e. The highest BCUT2D eigenvalue weighted by Gasteiger charge is 2.20. The smallest absolute Gasteiger partial charge is 0.274 e. The van der Waals surface area contributed by atoms with Gasteiger partial charge in [0, 0.05) is 19.2 Å². The number of rotatable bonds is 3. The fraction of sp³-hybridized carbons (Fsp3) is 0.353. The van der Waals surface area contributed by atoms with Crippen LogP contribution in [0.25, 0.3) is 0 Å². The number of nitrogens with zero attached hydrogens (tertiary/aromatic N) is 3. The Bertz CT molecular complexity index is 799. The lowest BCUT2D eigenvalue weighted by Crippen LogP contribution is -2.35. The molecule has 1 aliphatic heterocycles. The van der Waals surface area contributed by atoms with Crippen molar-refractivity contribution >= 4 is 17.4 Å². The molecule has 1 N–H and O–H groups in total. The van der Waals surface area contributed by atoms with Gasteiger partial charge in [-0.3, -0.25) is 4.79 Å². The van der Waals surface area contributed by atoms with Gasteiger partial charge in [0.1, 0.15) is 17.8 Å². The van der Waals surface area contributed by atoms with Crippen molar-refractivity contribution in [3.8, 4) is 0 Å². The van der Waals surface area contributed by atoms with Gasteiger partial charge in [0.15, 0.2) is 17.5 Å². The fourth-order valence-electron chi connectivity index (χ4n) is 2.85. The van der Waals surface area contributed by atoms with E-state index in [4.69, 9.17) is 0 Å². The molecule has 1 amide bonds. The topological polar surface area (TPSA) is 58.1 Å². The third-order valence-electron chi connectivity index (χ3n) is 4.15. The van der Waals surface area contributed by atoms with Crippen molar-refractivity contribution in [1.29, 1.82) is 0 Å². The van der Waals surface area contributed by atoms with Gasteiger partial charge >= 0.3 is 0 Å². The number of amides is 1. The molecule has 8 heteroatoms. The lowest BCUT2D eigenvalue weighted by Gasteiger charge is -2.31. The van der Waals surface area contributed by atoms with Crippen molar-refractivity contribution in [2.45, 2.75) is 19.8 Å². The van der Waals surface area contributed by atoms with Crippen LogP contribution in [0.2, 0.25) is 0 Å². The Morgan fingerprint density at radius 2 is 2.04 bits per heavy atom. The van der Waals surface area contributed by atoms with Gasteiger partial charge in [0.05, 0.1) is 5.69 Å². The maximum atomic E-state index is 13.7. The summed E-state index contributed by atoms with van der Waals surface area (Å²) in [6, 6.07) is 3.21. The molecule has 1 saturated heterocycles. The molecule has 1 unspecified atom stereocenters. The monoisotopic (exact) mass is 350 g/mol. The molecule has 2 aromatic rings. The minimum Gasteiger partial charge on any atom is -0.356 e. The van der Waals surface area contributed by atoms with Gasteiger partial charge in [-0.25, -0.2) is 23.1 Å². The summed E-state index contributed by atoms with van der Waals surface area (Å²) in [5.74, 6) is -4.00. The summed E-state index contributed by atoms with van der Waals surface area (Å²) in [6.45, 7) is 3.81. The highest BCUT2D eigenvalue weighted by Crippen LogP contribution is 2.23. The molecular formula is C17H17F3N4O. The van der Waals surface area contributed by atoms with Crippen molar-refractivity contribution in [3.05, 3.63) is 47.7 Å². The largest absolute Gasteiger partial charge is 0.356 e. The summed E-state index contributed by atoms with van der Waals surface area (Å²) >= 11 is 0. The van der Waals surface area contributed by atoms with E-state index in [1.807, 2.05) is 0 Å². The minimum atomic E-state index is -1.64. The Labute approximate surface area is 142 Å². The van der Waals surface area contributed by atoms with Crippen molar-refractivity contribution < 1.29 is 18.0 Å². The van der Waals surface area contributed by atoms with Gasteiger partial charge in [0.2, 0.25) is 0 Å². The summed E-state index contributed by atoms with van der Waals surface area (Å²) in [5, 5.41) is 2.20. The number of hydrogen-bond donors (Lipinski definition) is 1. The van der Waals surface area contributed by atoms with E-state index < -0.39 is 29.0 Å². The molecule has 25 heavy (non-hydrogen) atoms. The third-order valence-corrected chi connectivity index (χ3v) is 4.15. The van der Waals surface area contributed by atoms with E-state index in [0.717, 1.165) is 38.1 Å². The van der Waals surface area contributed by atoms with Gasteiger partial charge in [-0.15, -0.1) is 0 Å². The standard InChI is InChI=1S/C17H17F3N4O/c1-10-3-2-6-24(8-10)14-7-13(21-9-22-14)17(25)23-12-5-4-11(18)15(19)16(12)20/h4-5,7,9-10H,2-3,6,8H2,1H3,(H,23,25). The zero-order chi connectivity index (χ0) is 18.0. The number of benzene rings is 1. The lowest BCUT2D eigenvalue weighted by atomic mass is 10.0. The highest BCUT2D eigenvalue weighted by atomic mass is 19.2. The van der Waals surface area contributed by atoms with Crippen molar-refractivity contribution in [1.82, 2.24) is 9.97 Å². The Morgan fingerprint density at radius 3 is 2.80 bits per heavy atom. The van der Waals surface area contributed by atoms with Crippen LogP contribution in [-0.2, 0) is 0 Å². The normalized spacial score (nSPS) is 17.4. The van der Waals surface area contributed by atoms with Crippen LogP contribution in [0.1, 0.15) is 30.3 Å². The van der Waals surface area contributed by atoms with Gasteiger partial charge in [-0.2, -0.15) is 0 Å². The maximum absolute atomic E-state index is 13.7. The van der Waals surface area contributed by atoms with Crippen LogP contribution in [0.15, 0.2) is 24.5 Å². The van der Waals surface area contributed by atoms with E-state index in [1.165, 1.54) is 12.4 Å². The Hall–Kier alpha value is -2.64. The van der Waals surface area contributed by atoms with Crippen LogP contribution in [-0.4, -0.2) is 29.0 Å². The minimum absolute atomic E-state index is 0.0207. The Kier molecular flexibility index (Phi) is 4.87. The molecule has 1 atom stereocenters. The molecule has 0 radical (unpaired) electrons. The molecule has 1 fully saturated rings. The second kappa shape index (κ2) is 7.08. The zero-order valence-corrected chi connectivity index (χ0v) is 13.6. The van der Waals surface area contributed by atoms with Crippen LogP contribution >= 0.6 is 0 Å². The van der Waals surface area contributed by atoms with E-state index in [1.54, 1.807) is 0 Å². The number of hydrogen-bond acceptors (Lipinski definition) is 4. The average Bonchev–Trinajstić information content (AvgIpc) is 2.62. The zero-order valence-electron chi connectivity index (χ0n) is 13.6. The molecular weight excluding hydrogens is 333 g/mol. The first-order valence-corrected chi connectivity index (χ1v) is 7.97. The van der Waals surface area contributed by atoms with E-state index in [2.05, 4.69) is 27.1 Å². The van der Waals surface area contributed by atoms with Crippen molar-refractivity contribution in [2.24, 2.45) is 5.92 Å². The SMILES string of the molecule is CC1CCCN(c2cc(C(=O)Nc3ccc(F)c(F)c3F)ncn2)C1. The Balaban J connectivity index is 1.79. The van der Waals surface area contributed by atoms with Crippen molar-refractivity contribution in [2.75, 3.05) is 23.3 Å². The molecule has 1 aliphatic rings. The van der Waals surface area contributed by atoms with Crippen molar-refractivity contribution in [3.63, 3.8) is 0 Å². The number of carbonyl (C=O) groups excluding carboxylic acids is 1. The molecule has 1 aromatic carbocycles. The first kappa shape index (κ1) is 17.2. The number of anilines is 2. The number of piperidine rings is 1. The first-order chi connectivity index (χ1) is 12.0. The van der Waals surface area contributed by atoms with E-state index in [0.29, 0.717) is 11.7 Å². The van der Waals surface area contributed by atoms with Crippen LogP contribution in [0, 0.1) is 23.4 Å². The first-order valence-electron chi connectivity index (χ1n) is 7.97. The molecule has 0 bridgehead atoms. The fourth-order valence-corrected chi connectivity index (χ4v) is 2.85. The van der Waals surface area contributed by atoms with Crippen LogP contribution in [0.3, 0.4) is 0 Å². The van der Waals surface area contributed by atoms with Gasteiger partial charge < -0.3 is 10.2 Å². The molecule has 5 nitrogen and oxygen atoms in total. The Morgan fingerprint density at radius 1 is 1.24 bits per heavy atom. The summed E-state index contributed by atoms with van der Waals surface area (Å²) < 4.78 is 39.9. The molecule has 132 valence electrons. The second-order valence-corrected chi connectivity index (χ2v) is 6.13. The van der Waals surface area contributed by atoms with E-state index in [-0.39, 0.29) is 5.69 Å². The van der Waals surface area contributed by atoms with E-state index in [9.17, 15) is 18.0 Å². The van der Waals surface area contributed by atoms with Crippen LogP contribution in [0.5, 0.6) is 0 Å². The average molecular weight is 350 g/mol. The van der Waals surface area contributed by atoms with Gasteiger partial charge in [-0.1, -0.05) is 6.92 Å². The summed E-state index contributed by atoms with van der Waals surface area (Å²) in [5.41, 5.74) is -0.428. The second-order valence-electron chi connectivity index (χ2n) is 6.13. The molecule has 2 heterocycles. The molecule has 0 spiro atoms. The summed E-state index contributed by atoms with van der Waals surface area (Å²) in [4.78, 5) is 22.4. The third kappa shape index (κ3) is 3.72. The number of aromatic nitrogens is 2. The molecule has 0 aliphatic carbocycles. The predicted molar refractivity (Wildman–Crippen MR) is 86.9 cm³/mol. The van der Waals surface area contributed by atoms with Crippen LogP contribution in [0.4, 0.5) is 24.7 Å². The number of carbonyl (C=O) groups is 1. The number of halogens is 3. The quantitative estimate of drug-likeness (QED) is 0.862. The van der Waals surface area contributed by atoms with Gasteiger partial charge in [-0.05, 0) is 30.9 Å². The molecule has 3 rings (SSSR count). The molecule has 0 saturated carbocycles. The highest BCUT2D eigenvalue weighted by molar-refractivity contribution is 6.03. The lowest BCUT2D eigenvalue weighted by molar-refractivity contribution is 0.102. The summed E-state index contributed by atoms with van der Waals surface area (Å²) in [7, 11) is 0. The predicted octanol–water partition coefficient (Wildman–Crippen LogP) is 3.38. The van der Waals surface area contributed by atoms with E-state index >= 15 is 0 Å². The molecule has 1 aromatic heterocycles. The summed E-state index contributed by atoms with van der Waals surface area (Å²) in [6.07, 6.45) is 3.43. The van der Waals surface area contributed by atoms with Crippen LogP contribution < -0.4 is 10.2 Å². The number of nitrogens with one attached hydrogen (secondary N) is 1.